The van der Waals surface area contributed by atoms with Gasteiger partial charge in [-0.2, -0.15) is 13.2 Å². The molecular weight excluding hydrogens is 229 g/mol. The number of aliphatic carboxylic acids is 1. The number of nitrogens with one attached hydrogen (secondary N) is 2. The molecule has 0 unspecified atom stereocenters. The van der Waals surface area contributed by atoms with Gasteiger partial charge in [0.05, 0.1) is 0 Å². The monoisotopic (exact) mass is 240 g/mol. The maximum atomic E-state index is 12.4. The number of carboxylic acids is 1. The van der Waals surface area contributed by atoms with E-state index in [4.69, 9.17) is 5.11 Å². The molecule has 0 aromatic heterocycles. The second-order valence-corrected chi connectivity index (χ2v) is 3.74. The number of hydrogen-bond donors (Lipinski definition) is 3. The molecular formula is C8H11F3N2O3. The van der Waals surface area contributed by atoms with Gasteiger partial charge in [-0.25, -0.2) is 4.79 Å². The normalized spacial score (nSPS) is 19.8. The Balaban J connectivity index is 2.50. The summed E-state index contributed by atoms with van der Waals surface area (Å²) in [5, 5.41) is 12.1. The Morgan fingerprint density at radius 2 is 1.88 bits per heavy atom. The first kappa shape index (κ1) is 12.6. The van der Waals surface area contributed by atoms with Crippen LogP contribution in [0.3, 0.4) is 0 Å². The highest BCUT2D eigenvalue weighted by atomic mass is 19.4. The maximum Gasteiger partial charge on any atom is 0.411 e. The fraction of sp³-hybridized carbons (Fsp3) is 0.750. The predicted octanol–water partition coefficient (Wildman–Crippen LogP) is 0.854. The van der Waals surface area contributed by atoms with Gasteiger partial charge < -0.3 is 15.7 Å². The molecule has 1 saturated carbocycles. The largest absolute Gasteiger partial charge is 0.480 e. The lowest BCUT2D eigenvalue weighted by Crippen LogP contribution is -2.54. The zero-order chi connectivity index (χ0) is 12.6. The number of hydrogen-bond acceptors (Lipinski definition) is 2. The van der Waals surface area contributed by atoms with E-state index in [9.17, 15) is 22.8 Å². The number of urea groups is 1. The average Bonchev–Trinajstić information content (AvgIpc) is 2.83. The van der Waals surface area contributed by atoms with Crippen LogP contribution in [0, 0.1) is 0 Å². The van der Waals surface area contributed by atoms with Crippen molar-refractivity contribution >= 4 is 12.0 Å². The van der Waals surface area contributed by atoms with Gasteiger partial charge in [-0.05, 0) is 19.8 Å². The Kier molecular flexibility index (Phi) is 3.02. The second kappa shape index (κ2) is 3.84. The van der Waals surface area contributed by atoms with Crippen molar-refractivity contribution in [3.63, 3.8) is 0 Å². The van der Waals surface area contributed by atoms with Gasteiger partial charge in [0.2, 0.25) is 0 Å². The summed E-state index contributed by atoms with van der Waals surface area (Å²) < 4.78 is 37.2. The zero-order valence-electron chi connectivity index (χ0n) is 8.39. The lowest BCUT2D eigenvalue weighted by Gasteiger charge is -2.21. The standard InChI is InChI=1S/C8H11F3N2O3/c1-4(5(14)15)12-6(16)13-7(2-3-7)8(9,10)11/h4H,2-3H2,1H3,(H,14,15)(H2,12,13,16)/t4-/m1/s1. The first-order chi connectivity index (χ1) is 7.18. The van der Waals surface area contributed by atoms with Crippen molar-refractivity contribution in [1.82, 2.24) is 10.6 Å². The number of alkyl halides is 3. The molecule has 1 rings (SSSR count). The van der Waals surface area contributed by atoms with E-state index >= 15 is 0 Å². The van der Waals surface area contributed by atoms with Crippen LogP contribution in [0.4, 0.5) is 18.0 Å². The summed E-state index contributed by atoms with van der Waals surface area (Å²) in [6, 6.07) is -2.35. The van der Waals surface area contributed by atoms with Crippen molar-refractivity contribution in [2.24, 2.45) is 0 Å². The Hall–Kier alpha value is -1.47. The van der Waals surface area contributed by atoms with Crippen LogP contribution in [0.2, 0.25) is 0 Å². The molecule has 0 radical (unpaired) electrons. The van der Waals surface area contributed by atoms with E-state index in [0.717, 1.165) is 6.92 Å². The topological polar surface area (TPSA) is 78.4 Å². The van der Waals surface area contributed by atoms with E-state index in [1.54, 1.807) is 5.32 Å². The summed E-state index contributed by atoms with van der Waals surface area (Å²) in [7, 11) is 0. The molecule has 1 atom stereocenters. The van der Waals surface area contributed by atoms with E-state index in [1.165, 1.54) is 0 Å². The molecule has 92 valence electrons. The van der Waals surface area contributed by atoms with Crippen molar-refractivity contribution in [2.45, 2.75) is 37.5 Å². The highest BCUT2D eigenvalue weighted by Crippen LogP contribution is 2.48. The Morgan fingerprint density at radius 3 is 2.19 bits per heavy atom. The van der Waals surface area contributed by atoms with Crippen LogP contribution in [0.5, 0.6) is 0 Å². The van der Waals surface area contributed by atoms with Crippen LogP contribution >= 0.6 is 0 Å². The molecule has 1 fully saturated rings. The van der Waals surface area contributed by atoms with E-state index in [2.05, 4.69) is 0 Å². The molecule has 0 aliphatic heterocycles. The van der Waals surface area contributed by atoms with Gasteiger partial charge in [-0.3, -0.25) is 4.79 Å². The minimum atomic E-state index is -4.50. The molecule has 0 aromatic carbocycles. The summed E-state index contributed by atoms with van der Waals surface area (Å²) in [5.74, 6) is -1.31. The number of carbonyl (C=O) groups excluding carboxylic acids is 1. The average molecular weight is 240 g/mol. The zero-order valence-corrected chi connectivity index (χ0v) is 8.39. The molecule has 1 aliphatic rings. The van der Waals surface area contributed by atoms with Gasteiger partial charge in [0.25, 0.3) is 0 Å². The summed E-state index contributed by atoms with van der Waals surface area (Å²) in [6.45, 7) is 1.16. The van der Waals surface area contributed by atoms with Gasteiger partial charge in [0, 0.05) is 0 Å². The van der Waals surface area contributed by atoms with Gasteiger partial charge in [-0.15, -0.1) is 0 Å². The Morgan fingerprint density at radius 1 is 1.38 bits per heavy atom. The molecule has 2 amide bonds. The van der Waals surface area contributed by atoms with Crippen LogP contribution < -0.4 is 10.6 Å². The summed E-state index contributed by atoms with van der Waals surface area (Å²) in [4.78, 5) is 21.4. The van der Waals surface area contributed by atoms with E-state index in [-0.39, 0.29) is 12.8 Å². The highest BCUT2D eigenvalue weighted by molar-refractivity contribution is 5.82. The molecule has 16 heavy (non-hydrogen) atoms. The number of carboxylic acid groups (broad SMARTS) is 1. The van der Waals surface area contributed by atoms with Gasteiger partial charge in [0.15, 0.2) is 0 Å². The Labute approximate surface area is 89.0 Å². The third kappa shape index (κ3) is 2.56. The van der Waals surface area contributed by atoms with Gasteiger partial charge in [0.1, 0.15) is 11.6 Å². The molecule has 3 N–H and O–H groups in total. The van der Waals surface area contributed by atoms with Crippen molar-refractivity contribution in [3.8, 4) is 0 Å². The fourth-order valence-corrected chi connectivity index (χ4v) is 1.12. The predicted molar refractivity (Wildman–Crippen MR) is 46.8 cm³/mol. The molecule has 0 spiro atoms. The van der Waals surface area contributed by atoms with E-state index in [1.807, 2.05) is 5.32 Å². The van der Waals surface area contributed by atoms with Crippen LogP contribution in [-0.2, 0) is 4.79 Å². The SMILES string of the molecule is C[C@@H](NC(=O)NC1(C(F)(F)F)CC1)C(=O)O. The highest BCUT2D eigenvalue weighted by Gasteiger charge is 2.64. The lowest BCUT2D eigenvalue weighted by atomic mass is 10.2. The number of amides is 2. The number of halogens is 3. The molecule has 5 nitrogen and oxygen atoms in total. The molecule has 0 aromatic rings. The van der Waals surface area contributed by atoms with Crippen molar-refractivity contribution in [1.29, 1.82) is 0 Å². The number of carbonyl (C=O) groups is 2. The summed E-state index contributed by atoms with van der Waals surface area (Å²) >= 11 is 0. The van der Waals surface area contributed by atoms with E-state index in [0.29, 0.717) is 0 Å². The van der Waals surface area contributed by atoms with Gasteiger partial charge in [-0.1, -0.05) is 0 Å². The third-order valence-electron chi connectivity index (χ3n) is 2.36. The van der Waals surface area contributed by atoms with Crippen molar-refractivity contribution in [2.75, 3.05) is 0 Å². The van der Waals surface area contributed by atoms with Crippen molar-refractivity contribution in [3.05, 3.63) is 0 Å². The number of rotatable bonds is 3. The summed E-state index contributed by atoms with van der Waals surface area (Å²) in [5.41, 5.74) is -2.17. The minimum Gasteiger partial charge on any atom is -0.480 e. The Bertz CT molecular complexity index is 312. The van der Waals surface area contributed by atoms with Crippen LogP contribution in [0.25, 0.3) is 0 Å². The fourth-order valence-electron chi connectivity index (χ4n) is 1.12. The molecule has 8 heteroatoms. The maximum absolute atomic E-state index is 12.4. The van der Waals surface area contributed by atoms with E-state index < -0.39 is 29.8 Å². The molecule has 0 heterocycles. The van der Waals surface area contributed by atoms with Crippen LogP contribution in [0.15, 0.2) is 0 Å². The molecule has 0 bridgehead atoms. The molecule has 1 aliphatic carbocycles. The third-order valence-corrected chi connectivity index (χ3v) is 2.36. The first-order valence-electron chi connectivity index (χ1n) is 4.56. The first-order valence-corrected chi connectivity index (χ1v) is 4.56. The minimum absolute atomic E-state index is 0.175. The second-order valence-electron chi connectivity index (χ2n) is 3.74. The quantitative estimate of drug-likeness (QED) is 0.684. The van der Waals surface area contributed by atoms with Gasteiger partial charge >= 0.3 is 18.2 Å². The lowest BCUT2D eigenvalue weighted by molar-refractivity contribution is -0.162. The van der Waals surface area contributed by atoms with Crippen molar-refractivity contribution < 1.29 is 27.9 Å². The molecule has 0 saturated heterocycles. The van der Waals surface area contributed by atoms with Crippen LogP contribution in [-0.4, -0.2) is 34.9 Å². The van der Waals surface area contributed by atoms with Crippen LogP contribution in [0.1, 0.15) is 19.8 Å². The summed E-state index contributed by atoms with van der Waals surface area (Å²) in [6.07, 6.45) is -4.85. The smallest absolute Gasteiger partial charge is 0.411 e.